The van der Waals surface area contributed by atoms with Gasteiger partial charge in [-0.1, -0.05) is 30.0 Å². The first-order chi connectivity index (χ1) is 10.5. The van der Waals surface area contributed by atoms with Crippen molar-refractivity contribution >= 4 is 15.7 Å². The first kappa shape index (κ1) is 15.8. The summed E-state index contributed by atoms with van der Waals surface area (Å²) in [5.41, 5.74) is 1.28. The molecule has 0 aliphatic rings. The molecule has 0 atom stereocenters. The van der Waals surface area contributed by atoms with Crippen molar-refractivity contribution in [2.75, 3.05) is 12.8 Å². The van der Waals surface area contributed by atoms with Crippen molar-refractivity contribution in [3.05, 3.63) is 65.7 Å². The number of benzene rings is 2. The van der Waals surface area contributed by atoms with Crippen LogP contribution in [0.1, 0.15) is 15.9 Å². The van der Waals surface area contributed by atoms with E-state index < -0.39 is 9.84 Å². The summed E-state index contributed by atoms with van der Waals surface area (Å²) in [5.74, 6) is 5.51. The second-order valence-corrected chi connectivity index (χ2v) is 6.66. The van der Waals surface area contributed by atoms with Gasteiger partial charge in [0.15, 0.2) is 9.84 Å². The Kier molecular flexibility index (Phi) is 4.97. The fraction of sp³-hybridized carbons (Fsp3) is 0.118. The Hall–Kier alpha value is -2.58. The van der Waals surface area contributed by atoms with E-state index in [1.807, 2.05) is 30.3 Å². The van der Waals surface area contributed by atoms with Crippen molar-refractivity contribution in [1.29, 1.82) is 0 Å². The molecule has 0 fully saturated rings. The van der Waals surface area contributed by atoms with Crippen molar-refractivity contribution in [3.63, 3.8) is 0 Å². The summed E-state index contributed by atoms with van der Waals surface area (Å²) in [6.07, 6.45) is 1.13. The second kappa shape index (κ2) is 6.92. The topological polar surface area (TPSA) is 63.2 Å². The second-order valence-electron chi connectivity index (χ2n) is 4.65. The minimum Gasteiger partial charge on any atom is -0.341 e. The van der Waals surface area contributed by atoms with Crippen LogP contribution in [0.3, 0.4) is 0 Å². The SMILES string of the molecule is CS(=O)(=O)c1ccc(C(=O)NCC#Cc2ccccc2)cc1. The van der Waals surface area contributed by atoms with Crippen LogP contribution in [0.15, 0.2) is 59.5 Å². The van der Waals surface area contributed by atoms with Crippen molar-refractivity contribution in [3.8, 4) is 11.8 Å². The summed E-state index contributed by atoms with van der Waals surface area (Å²) in [6, 6.07) is 15.3. The summed E-state index contributed by atoms with van der Waals surface area (Å²) in [7, 11) is -3.25. The number of hydrogen-bond acceptors (Lipinski definition) is 3. The standard InChI is InChI=1S/C17H15NO3S/c1-22(20,21)16-11-9-15(10-12-16)17(19)18-13-5-8-14-6-3-2-4-7-14/h2-4,6-7,9-12H,13H2,1H3,(H,18,19). The first-order valence-corrected chi connectivity index (χ1v) is 8.48. The Bertz CT molecular complexity index is 814. The predicted octanol–water partition coefficient (Wildman–Crippen LogP) is 1.87. The molecule has 0 heterocycles. The lowest BCUT2D eigenvalue weighted by Gasteiger charge is -2.03. The van der Waals surface area contributed by atoms with Gasteiger partial charge < -0.3 is 5.32 Å². The first-order valence-electron chi connectivity index (χ1n) is 6.59. The van der Waals surface area contributed by atoms with E-state index in [0.29, 0.717) is 5.56 Å². The molecule has 4 nitrogen and oxygen atoms in total. The highest BCUT2D eigenvalue weighted by atomic mass is 32.2. The number of hydrogen-bond donors (Lipinski definition) is 1. The largest absolute Gasteiger partial charge is 0.341 e. The molecule has 0 aliphatic carbocycles. The molecule has 1 N–H and O–H groups in total. The zero-order valence-electron chi connectivity index (χ0n) is 12.0. The number of carbonyl (C=O) groups is 1. The maximum Gasteiger partial charge on any atom is 0.252 e. The van der Waals surface area contributed by atoms with Crippen LogP contribution >= 0.6 is 0 Å². The van der Waals surface area contributed by atoms with E-state index >= 15 is 0 Å². The molecule has 0 spiro atoms. The molecule has 2 aromatic carbocycles. The number of carbonyl (C=O) groups excluding carboxylic acids is 1. The van der Waals surface area contributed by atoms with Gasteiger partial charge in [0, 0.05) is 17.4 Å². The van der Waals surface area contributed by atoms with Crippen LogP contribution in [0.2, 0.25) is 0 Å². The Balaban J connectivity index is 1.94. The van der Waals surface area contributed by atoms with E-state index in [0.717, 1.165) is 11.8 Å². The fourth-order valence-corrected chi connectivity index (χ4v) is 2.38. The molecule has 0 radical (unpaired) electrons. The van der Waals surface area contributed by atoms with E-state index in [1.54, 1.807) is 0 Å². The monoisotopic (exact) mass is 313 g/mol. The van der Waals surface area contributed by atoms with Gasteiger partial charge in [-0.2, -0.15) is 0 Å². The zero-order valence-corrected chi connectivity index (χ0v) is 12.9. The molecular formula is C17H15NO3S. The summed E-state index contributed by atoms with van der Waals surface area (Å²) in [4.78, 5) is 12.1. The molecule has 0 unspecified atom stereocenters. The molecule has 0 bridgehead atoms. The Morgan fingerprint density at radius 2 is 1.68 bits per heavy atom. The van der Waals surface area contributed by atoms with Crippen molar-refractivity contribution in [2.24, 2.45) is 0 Å². The van der Waals surface area contributed by atoms with Crippen LogP contribution in [0, 0.1) is 11.8 Å². The van der Waals surface area contributed by atoms with Crippen LogP contribution in [-0.2, 0) is 9.84 Å². The van der Waals surface area contributed by atoms with Crippen molar-refractivity contribution in [1.82, 2.24) is 5.32 Å². The van der Waals surface area contributed by atoms with Gasteiger partial charge in [-0.25, -0.2) is 8.42 Å². The normalized spacial score (nSPS) is 10.4. The van der Waals surface area contributed by atoms with Crippen LogP contribution in [-0.4, -0.2) is 27.1 Å². The lowest BCUT2D eigenvalue weighted by molar-refractivity contribution is 0.0958. The summed E-state index contributed by atoms with van der Waals surface area (Å²) in [5, 5.41) is 2.67. The van der Waals surface area contributed by atoms with Gasteiger partial charge in [-0.05, 0) is 36.4 Å². The van der Waals surface area contributed by atoms with Gasteiger partial charge >= 0.3 is 0 Å². The molecule has 0 saturated carbocycles. The van der Waals surface area contributed by atoms with Gasteiger partial charge in [0.05, 0.1) is 11.4 Å². The lowest BCUT2D eigenvalue weighted by atomic mass is 10.2. The maximum absolute atomic E-state index is 11.9. The number of nitrogens with one attached hydrogen (secondary N) is 1. The molecule has 112 valence electrons. The van der Waals surface area contributed by atoms with E-state index in [1.165, 1.54) is 24.3 Å². The molecule has 1 amide bonds. The Morgan fingerprint density at radius 3 is 2.27 bits per heavy atom. The minimum atomic E-state index is -3.25. The van der Waals surface area contributed by atoms with Crippen molar-refractivity contribution < 1.29 is 13.2 Å². The smallest absolute Gasteiger partial charge is 0.252 e. The third kappa shape index (κ3) is 4.47. The van der Waals surface area contributed by atoms with Gasteiger partial charge in [-0.3, -0.25) is 4.79 Å². The van der Waals surface area contributed by atoms with Crippen molar-refractivity contribution in [2.45, 2.75) is 4.90 Å². The molecule has 0 aromatic heterocycles. The summed E-state index contributed by atoms with van der Waals surface area (Å²) in [6.45, 7) is 0.224. The maximum atomic E-state index is 11.9. The number of amides is 1. The van der Waals surface area contributed by atoms with Gasteiger partial charge in [0.2, 0.25) is 0 Å². The molecular weight excluding hydrogens is 298 g/mol. The molecule has 2 aromatic rings. The van der Waals surface area contributed by atoms with E-state index in [-0.39, 0.29) is 17.3 Å². The minimum absolute atomic E-state index is 0.188. The highest BCUT2D eigenvalue weighted by Crippen LogP contribution is 2.10. The third-order valence-electron chi connectivity index (χ3n) is 2.89. The molecule has 0 aliphatic heterocycles. The van der Waals surface area contributed by atoms with Crippen LogP contribution in [0.5, 0.6) is 0 Å². The van der Waals surface area contributed by atoms with Gasteiger partial charge in [0.25, 0.3) is 5.91 Å². The van der Waals surface area contributed by atoms with Gasteiger partial charge in [0.1, 0.15) is 0 Å². The highest BCUT2D eigenvalue weighted by Gasteiger charge is 2.09. The van der Waals surface area contributed by atoms with Gasteiger partial charge in [-0.15, -0.1) is 0 Å². The lowest BCUT2D eigenvalue weighted by Crippen LogP contribution is -2.23. The highest BCUT2D eigenvalue weighted by molar-refractivity contribution is 7.90. The van der Waals surface area contributed by atoms with Crippen LogP contribution in [0.4, 0.5) is 0 Å². The van der Waals surface area contributed by atoms with Crippen LogP contribution < -0.4 is 5.32 Å². The fourth-order valence-electron chi connectivity index (χ4n) is 1.75. The molecule has 0 saturated heterocycles. The zero-order chi connectivity index (χ0) is 16.0. The average Bonchev–Trinajstić information content (AvgIpc) is 2.52. The Morgan fingerprint density at radius 1 is 1.05 bits per heavy atom. The molecule has 22 heavy (non-hydrogen) atoms. The third-order valence-corrected chi connectivity index (χ3v) is 4.02. The quantitative estimate of drug-likeness (QED) is 0.880. The molecule has 5 heteroatoms. The van der Waals surface area contributed by atoms with E-state index in [2.05, 4.69) is 17.2 Å². The van der Waals surface area contributed by atoms with E-state index in [4.69, 9.17) is 0 Å². The Labute approximate surface area is 130 Å². The average molecular weight is 313 g/mol. The number of rotatable bonds is 3. The van der Waals surface area contributed by atoms with Crippen LogP contribution in [0.25, 0.3) is 0 Å². The van der Waals surface area contributed by atoms with E-state index in [9.17, 15) is 13.2 Å². The summed E-state index contributed by atoms with van der Waals surface area (Å²) < 4.78 is 22.7. The summed E-state index contributed by atoms with van der Waals surface area (Å²) >= 11 is 0. The molecule has 2 rings (SSSR count). The number of sulfone groups is 1. The predicted molar refractivity (Wildman–Crippen MR) is 85.2 cm³/mol.